The van der Waals surface area contributed by atoms with E-state index in [4.69, 9.17) is 0 Å². The Hall–Kier alpha value is -3.71. The highest BCUT2D eigenvalue weighted by atomic mass is 32.2. The maximum absolute atomic E-state index is 12.9. The molecule has 0 unspecified atom stereocenters. The molecule has 35 heavy (non-hydrogen) atoms. The fourth-order valence-corrected chi connectivity index (χ4v) is 4.65. The van der Waals surface area contributed by atoms with Crippen LogP contribution in [0.2, 0.25) is 0 Å². The lowest BCUT2D eigenvalue weighted by atomic mass is 10.0. The summed E-state index contributed by atoms with van der Waals surface area (Å²) in [4.78, 5) is 24.1. The quantitative estimate of drug-likeness (QED) is 0.188. The summed E-state index contributed by atoms with van der Waals surface area (Å²) in [7, 11) is 0. The van der Waals surface area contributed by atoms with Gasteiger partial charge in [0, 0.05) is 31.1 Å². The molecule has 0 bridgehead atoms. The standard InChI is InChI=1S/C28H28N4O2S/c1-20-8-6-11-25(18-20)32-27(12-7-17-29-21(2)33)30-31-28(32)35-19-26(34)24-15-13-23(14-16-24)22-9-4-3-5-10-22/h3-6,8-11,13-16,18H,7,12,17,19H2,1-2H3,(H,29,33). The largest absolute Gasteiger partial charge is 0.356 e. The number of nitrogens with zero attached hydrogens (tertiary/aromatic N) is 3. The van der Waals surface area contributed by atoms with E-state index in [9.17, 15) is 9.59 Å². The van der Waals surface area contributed by atoms with Crippen LogP contribution in [0.25, 0.3) is 16.8 Å². The van der Waals surface area contributed by atoms with Crippen LogP contribution in [0.5, 0.6) is 0 Å². The van der Waals surface area contributed by atoms with E-state index in [0.717, 1.165) is 34.6 Å². The highest BCUT2D eigenvalue weighted by Gasteiger charge is 2.17. The summed E-state index contributed by atoms with van der Waals surface area (Å²) < 4.78 is 2.01. The summed E-state index contributed by atoms with van der Waals surface area (Å²) >= 11 is 1.39. The number of amides is 1. The number of thioether (sulfide) groups is 1. The van der Waals surface area contributed by atoms with Crippen molar-refractivity contribution in [2.24, 2.45) is 0 Å². The maximum Gasteiger partial charge on any atom is 0.216 e. The Bertz CT molecular complexity index is 1300. The number of Topliss-reactive ketones (excluding diaryl/α,β-unsaturated/α-hetero) is 1. The van der Waals surface area contributed by atoms with Crippen LogP contribution >= 0.6 is 11.8 Å². The minimum Gasteiger partial charge on any atom is -0.356 e. The molecule has 0 aliphatic rings. The Labute approximate surface area is 209 Å². The van der Waals surface area contributed by atoms with Crippen LogP contribution in [0.1, 0.15) is 35.1 Å². The lowest BCUT2D eigenvalue weighted by Gasteiger charge is -2.11. The molecule has 0 aliphatic heterocycles. The molecule has 3 aromatic carbocycles. The molecule has 0 saturated carbocycles. The van der Waals surface area contributed by atoms with Crippen LogP contribution in [-0.2, 0) is 11.2 Å². The molecule has 178 valence electrons. The van der Waals surface area contributed by atoms with Crippen molar-refractivity contribution in [3.63, 3.8) is 0 Å². The van der Waals surface area contributed by atoms with E-state index in [2.05, 4.69) is 33.7 Å². The molecule has 1 N–H and O–H groups in total. The lowest BCUT2D eigenvalue weighted by molar-refractivity contribution is -0.118. The monoisotopic (exact) mass is 484 g/mol. The average molecular weight is 485 g/mol. The minimum atomic E-state index is -0.0447. The number of carbonyl (C=O) groups excluding carboxylic acids is 2. The third kappa shape index (κ3) is 6.45. The molecule has 1 amide bonds. The predicted octanol–water partition coefficient (Wildman–Crippen LogP) is 5.29. The van der Waals surface area contributed by atoms with Gasteiger partial charge in [-0.2, -0.15) is 0 Å². The molecule has 0 spiro atoms. The SMILES string of the molecule is CC(=O)NCCCc1nnc(SCC(=O)c2ccc(-c3ccccc3)cc2)n1-c1cccc(C)c1. The summed E-state index contributed by atoms with van der Waals surface area (Å²) in [5.74, 6) is 1.07. The molecule has 1 heterocycles. The van der Waals surface area contributed by atoms with Crippen molar-refractivity contribution in [2.75, 3.05) is 12.3 Å². The molecular weight excluding hydrogens is 456 g/mol. The van der Waals surface area contributed by atoms with E-state index < -0.39 is 0 Å². The fraction of sp³-hybridized carbons (Fsp3) is 0.214. The number of nitrogens with one attached hydrogen (secondary N) is 1. The van der Waals surface area contributed by atoms with Gasteiger partial charge in [0.05, 0.1) is 5.75 Å². The van der Waals surface area contributed by atoms with Gasteiger partial charge in [-0.15, -0.1) is 10.2 Å². The van der Waals surface area contributed by atoms with Crippen molar-refractivity contribution in [1.29, 1.82) is 0 Å². The molecule has 0 fully saturated rings. The highest BCUT2D eigenvalue weighted by molar-refractivity contribution is 7.99. The van der Waals surface area contributed by atoms with Gasteiger partial charge in [-0.25, -0.2) is 0 Å². The fourth-order valence-electron chi connectivity index (χ4n) is 3.79. The first kappa shape index (κ1) is 24.4. The Morgan fingerprint density at radius 3 is 2.37 bits per heavy atom. The number of carbonyl (C=O) groups is 2. The summed E-state index contributed by atoms with van der Waals surface area (Å²) in [5, 5.41) is 12.3. The molecular formula is C28H28N4O2S. The van der Waals surface area contributed by atoms with E-state index in [-0.39, 0.29) is 17.4 Å². The van der Waals surface area contributed by atoms with Gasteiger partial charge in [0.25, 0.3) is 0 Å². The number of hydrogen-bond acceptors (Lipinski definition) is 5. The van der Waals surface area contributed by atoms with Gasteiger partial charge >= 0.3 is 0 Å². The van der Waals surface area contributed by atoms with Gasteiger partial charge in [0.2, 0.25) is 5.91 Å². The second-order valence-corrected chi connectivity index (χ2v) is 9.26. The third-order valence-electron chi connectivity index (χ3n) is 5.56. The van der Waals surface area contributed by atoms with Crippen LogP contribution in [-0.4, -0.2) is 38.8 Å². The first-order valence-electron chi connectivity index (χ1n) is 11.6. The molecule has 4 rings (SSSR count). The van der Waals surface area contributed by atoms with E-state index in [1.807, 2.05) is 72.2 Å². The summed E-state index contributed by atoms with van der Waals surface area (Å²) in [6.45, 7) is 4.13. The van der Waals surface area contributed by atoms with Crippen LogP contribution in [0, 0.1) is 6.92 Å². The van der Waals surface area contributed by atoms with E-state index in [0.29, 0.717) is 23.7 Å². The minimum absolute atomic E-state index is 0.0422. The van der Waals surface area contributed by atoms with Gasteiger partial charge < -0.3 is 5.32 Å². The number of ketones is 1. The summed E-state index contributed by atoms with van der Waals surface area (Å²) in [5.41, 5.74) is 4.98. The number of aryl methyl sites for hydroxylation is 2. The zero-order valence-corrected chi connectivity index (χ0v) is 20.7. The first-order chi connectivity index (χ1) is 17.0. The third-order valence-corrected chi connectivity index (χ3v) is 6.49. The van der Waals surface area contributed by atoms with E-state index in [1.165, 1.54) is 18.7 Å². The Morgan fingerprint density at radius 2 is 1.66 bits per heavy atom. The molecule has 6 nitrogen and oxygen atoms in total. The summed E-state index contributed by atoms with van der Waals surface area (Å²) in [6.07, 6.45) is 1.41. The van der Waals surface area contributed by atoms with Gasteiger partial charge in [-0.3, -0.25) is 14.2 Å². The molecule has 7 heteroatoms. The first-order valence-corrected chi connectivity index (χ1v) is 12.6. The van der Waals surface area contributed by atoms with Crippen LogP contribution in [0.15, 0.2) is 84.0 Å². The number of benzene rings is 3. The van der Waals surface area contributed by atoms with Crippen molar-refractivity contribution >= 4 is 23.5 Å². The van der Waals surface area contributed by atoms with Crippen molar-refractivity contribution < 1.29 is 9.59 Å². The summed E-state index contributed by atoms with van der Waals surface area (Å²) in [6, 6.07) is 26.0. The Morgan fingerprint density at radius 1 is 0.914 bits per heavy atom. The van der Waals surface area contributed by atoms with Crippen LogP contribution in [0.4, 0.5) is 0 Å². The smallest absolute Gasteiger partial charge is 0.216 e. The Kier molecular flexibility index (Phi) is 8.11. The van der Waals surface area contributed by atoms with E-state index in [1.54, 1.807) is 0 Å². The predicted molar refractivity (Wildman–Crippen MR) is 140 cm³/mol. The lowest BCUT2D eigenvalue weighted by Crippen LogP contribution is -2.21. The highest BCUT2D eigenvalue weighted by Crippen LogP contribution is 2.25. The second-order valence-electron chi connectivity index (χ2n) is 8.31. The topological polar surface area (TPSA) is 76.9 Å². The van der Waals surface area contributed by atoms with Crippen LogP contribution < -0.4 is 5.32 Å². The van der Waals surface area contributed by atoms with Crippen molar-refractivity contribution in [3.8, 4) is 16.8 Å². The molecule has 0 aliphatic carbocycles. The van der Waals surface area contributed by atoms with Gasteiger partial charge in [-0.05, 0) is 42.2 Å². The zero-order valence-electron chi connectivity index (χ0n) is 19.9. The average Bonchev–Trinajstić information content (AvgIpc) is 3.28. The molecule has 0 atom stereocenters. The molecule has 0 radical (unpaired) electrons. The molecule has 1 aromatic heterocycles. The van der Waals surface area contributed by atoms with Crippen LogP contribution in [0.3, 0.4) is 0 Å². The Balaban J connectivity index is 1.48. The number of rotatable bonds is 10. The van der Waals surface area contributed by atoms with E-state index >= 15 is 0 Å². The van der Waals surface area contributed by atoms with Crippen molar-refractivity contribution in [1.82, 2.24) is 20.1 Å². The van der Waals surface area contributed by atoms with Crippen molar-refractivity contribution in [3.05, 3.63) is 95.8 Å². The number of aromatic nitrogens is 3. The van der Waals surface area contributed by atoms with Gasteiger partial charge in [-0.1, -0.05) is 78.5 Å². The zero-order chi connectivity index (χ0) is 24.6. The second kappa shape index (κ2) is 11.6. The van der Waals surface area contributed by atoms with Crippen molar-refractivity contribution in [2.45, 2.75) is 31.8 Å². The normalized spacial score (nSPS) is 10.8. The molecule has 4 aromatic rings. The van der Waals surface area contributed by atoms with Gasteiger partial charge in [0.1, 0.15) is 5.82 Å². The number of hydrogen-bond donors (Lipinski definition) is 1. The maximum atomic E-state index is 12.9. The molecule has 0 saturated heterocycles. The van der Waals surface area contributed by atoms with Gasteiger partial charge in [0.15, 0.2) is 10.9 Å².